The van der Waals surface area contributed by atoms with Crippen LogP contribution in [0.4, 0.5) is 0 Å². The Hall–Kier alpha value is -1.20. The fourth-order valence-electron chi connectivity index (χ4n) is 1.60. The van der Waals surface area contributed by atoms with Gasteiger partial charge < -0.3 is 9.84 Å². The first-order valence-corrected chi connectivity index (χ1v) is 7.84. The van der Waals surface area contributed by atoms with E-state index in [1.165, 1.54) is 0 Å². The molecule has 2 atom stereocenters. The van der Waals surface area contributed by atoms with Crippen LogP contribution in [-0.4, -0.2) is 32.7 Å². The van der Waals surface area contributed by atoms with E-state index in [4.69, 9.17) is 4.74 Å². The highest BCUT2D eigenvalue weighted by atomic mass is 32.2. The van der Waals surface area contributed by atoms with Gasteiger partial charge >= 0.3 is 5.97 Å². The fourth-order valence-corrected chi connectivity index (χ4v) is 2.69. The van der Waals surface area contributed by atoms with Gasteiger partial charge in [-0.05, 0) is 39.8 Å². The topological polar surface area (TPSA) is 63.6 Å². The van der Waals surface area contributed by atoms with Crippen LogP contribution >= 0.6 is 0 Å². The number of aryl methyl sites for hydroxylation is 1. The lowest BCUT2D eigenvalue weighted by Gasteiger charge is -2.20. The Labute approximate surface area is 122 Å². The number of carbonyl (C=O) groups is 1. The van der Waals surface area contributed by atoms with Gasteiger partial charge in [0, 0.05) is 4.90 Å². The van der Waals surface area contributed by atoms with E-state index in [0.29, 0.717) is 4.90 Å². The highest BCUT2D eigenvalue weighted by Crippen LogP contribution is 2.12. The first-order valence-electron chi connectivity index (χ1n) is 6.52. The number of esters is 1. The zero-order chi connectivity index (χ0) is 15.3. The molecule has 4 nitrogen and oxygen atoms in total. The second kappa shape index (κ2) is 6.99. The highest BCUT2D eigenvalue weighted by Gasteiger charge is 2.20. The van der Waals surface area contributed by atoms with Gasteiger partial charge in [-0.15, -0.1) is 0 Å². The summed E-state index contributed by atoms with van der Waals surface area (Å²) in [4.78, 5) is 12.2. The Bertz CT molecular complexity index is 474. The van der Waals surface area contributed by atoms with Crippen LogP contribution < -0.4 is 0 Å². The van der Waals surface area contributed by atoms with Crippen molar-refractivity contribution in [3.63, 3.8) is 0 Å². The SMILES string of the molecule is Cc1ccc([S@](=O)C[C@@H](O)CC(=O)OC(C)(C)C)cc1. The molecular weight excluding hydrogens is 276 g/mol. The molecule has 5 heteroatoms. The van der Waals surface area contributed by atoms with E-state index in [0.717, 1.165) is 5.56 Å². The molecule has 0 aliphatic heterocycles. The number of aliphatic hydroxyl groups excluding tert-OH is 1. The summed E-state index contributed by atoms with van der Waals surface area (Å²) in [5.41, 5.74) is 0.507. The molecule has 1 N–H and O–H groups in total. The maximum atomic E-state index is 12.0. The van der Waals surface area contributed by atoms with E-state index in [2.05, 4.69) is 0 Å². The lowest BCUT2D eigenvalue weighted by atomic mass is 10.2. The van der Waals surface area contributed by atoms with Crippen LogP contribution in [0.1, 0.15) is 32.8 Å². The van der Waals surface area contributed by atoms with Crippen LogP contribution in [0.25, 0.3) is 0 Å². The largest absolute Gasteiger partial charge is 0.460 e. The van der Waals surface area contributed by atoms with Gasteiger partial charge in [0.2, 0.25) is 0 Å². The van der Waals surface area contributed by atoms with Crippen LogP contribution in [0.5, 0.6) is 0 Å². The Morgan fingerprint density at radius 3 is 2.35 bits per heavy atom. The minimum Gasteiger partial charge on any atom is -0.460 e. The average Bonchev–Trinajstić information content (AvgIpc) is 2.26. The van der Waals surface area contributed by atoms with E-state index in [-0.39, 0.29) is 12.2 Å². The second-order valence-corrected chi connectivity index (χ2v) is 7.27. The van der Waals surface area contributed by atoms with Crippen molar-refractivity contribution in [2.24, 2.45) is 0 Å². The molecule has 0 fully saturated rings. The van der Waals surface area contributed by atoms with Gasteiger partial charge in [0.25, 0.3) is 0 Å². The summed E-state index contributed by atoms with van der Waals surface area (Å²) in [6.07, 6.45) is -1.11. The van der Waals surface area contributed by atoms with E-state index in [1.807, 2.05) is 19.1 Å². The van der Waals surface area contributed by atoms with Gasteiger partial charge in [0.15, 0.2) is 0 Å². The zero-order valence-electron chi connectivity index (χ0n) is 12.4. The number of hydrogen-bond acceptors (Lipinski definition) is 4. The first kappa shape index (κ1) is 16.9. The molecule has 0 amide bonds. The number of carbonyl (C=O) groups excluding carboxylic acids is 1. The van der Waals surface area contributed by atoms with Crippen molar-refractivity contribution >= 4 is 16.8 Å². The number of hydrogen-bond donors (Lipinski definition) is 1. The third-order valence-corrected chi connectivity index (χ3v) is 3.94. The molecule has 0 unspecified atom stereocenters. The first-order chi connectivity index (χ1) is 9.17. The van der Waals surface area contributed by atoms with Gasteiger partial charge in [-0.1, -0.05) is 17.7 Å². The molecule has 0 aromatic heterocycles. The minimum absolute atomic E-state index is 0.0301. The molecule has 112 valence electrons. The van der Waals surface area contributed by atoms with Crippen molar-refractivity contribution in [1.29, 1.82) is 0 Å². The molecule has 0 radical (unpaired) electrons. The third-order valence-electron chi connectivity index (χ3n) is 2.45. The molecule has 0 aliphatic carbocycles. The zero-order valence-corrected chi connectivity index (χ0v) is 13.2. The summed E-state index contributed by atoms with van der Waals surface area (Å²) in [5, 5.41) is 9.81. The molecule has 0 aliphatic rings. The molecule has 1 rings (SSSR count). The number of benzene rings is 1. The second-order valence-electron chi connectivity index (χ2n) is 5.77. The average molecular weight is 298 g/mol. The highest BCUT2D eigenvalue weighted by molar-refractivity contribution is 7.85. The molecule has 1 aromatic rings. The van der Waals surface area contributed by atoms with E-state index >= 15 is 0 Å². The number of ether oxygens (including phenoxy) is 1. The maximum absolute atomic E-state index is 12.0. The third kappa shape index (κ3) is 6.30. The lowest BCUT2D eigenvalue weighted by Crippen LogP contribution is -2.28. The lowest BCUT2D eigenvalue weighted by molar-refractivity contribution is -0.156. The van der Waals surface area contributed by atoms with Gasteiger partial charge in [-0.2, -0.15) is 0 Å². The maximum Gasteiger partial charge on any atom is 0.308 e. The quantitative estimate of drug-likeness (QED) is 0.846. The normalized spacial score (nSPS) is 14.7. The molecule has 0 saturated carbocycles. The van der Waals surface area contributed by atoms with E-state index in [1.54, 1.807) is 32.9 Å². The summed E-state index contributed by atoms with van der Waals surface area (Å²) in [5.74, 6) is -0.451. The van der Waals surface area contributed by atoms with Gasteiger partial charge in [-0.3, -0.25) is 9.00 Å². The Morgan fingerprint density at radius 2 is 1.85 bits per heavy atom. The van der Waals surface area contributed by atoms with Crippen LogP contribution in [0.2, 0.25) is 0 Å². The van der Waals surface area contributed by atoms with Crippen molar-refractivity contribution in [2.75, 3.05) is 5.75 Å². The van der Waals surface area contributed by atoms with Crippen molar-refractivity contribution in [3.8, 4) is 0 Å². The monoisotopic (exact) mass is 298 g/mol. The fraction of sp³-hybridized carbons (Fsp3) is 0.533. The summed E-state index contributed by atoms with van der Waals surface area (Å²) in [6.45, 7) is 7.25. The molecule has 1 aromatic carbocycles. The van der Waals surface area contributed by atoms with Crippen LogP contribution in [0.3, 0.4) is 0 Å². The molecule has 0 bridgehead atoms. The van der Waals surface area contributed by atoms with Crippen molar-refractivity contribution in [2.45, 2.75) is 50.7 Å². The summed E-state index contributed by atoms with van der Waals surface area (Å²) >= 11 is 0. The van der Waals surface area contributed by atoms with Crippen LogP contribution in [0.15, 0.2) is 29.2 Å². The van der Waals surface area contributed by atoms with Crippen molar-refractivity contribution in [1.82, 2.24) is 0 Å². The Balaban J connectivity index is 2.50. The molecular formula is C15H22O4S. The van der Waals surface area contributed by atoms with Gasteiger partial charge in [0.05, 0.1) is 29.1 Å². The minimum atomic E-state index is -1.32. The number of rotatable bonds is 5. The van der Waals surface area contributed by atoms with E-state index in [9.17, 15) is 14.1 Å². The standard InChI is InChI=1S/C15H22O4S/c1-11-5-7-13(8-6-11)20(18)10-12(16)9-14(17)19-15(2,3)4/h5-8,12,16H,9-10H2,1-4H3/t12-,20+/m0/s1. The smallest absolute Gasteiger partial charge is 0.308 e. The van der Waals surface area contributed by atoms with Gasteiger partial charge in [0.1, 0.15) is 5.60 Å². The molecule has 20 heavy (non-hydrogen) atoms. The number of aliphatic hydroxyl groups is 1. The molecule has 0 spiro atoms. The van der Waals surface area contributed by atoms with Gasteiger partial charge in [-0.25, -0.2) is 0 Å². The summed E-state index contributed by atoms with van der Waals surface area (Å²) in [7, 11) is -1.32. The van der Waals surface area contributed by atoms with Crippen molar-refractivity contribution < 1.29 is 18.8 Å². The van der Waals surface area contributed by atoms with E-state index < -0.39 is 28.5 Å². The van der Waals surface area contributed by atoms with Crippen LogP contribution in [-0.2, 0) is 20.3 Å². The molecule has 0 saturated heterocycles. The Morgan fingerprint density at radius 1 is 1.30 bits per heavy atom. The van der Waals surface area contributed by atoms with Crippen LogP contribution in [0, 0.1) is 6.92 Å². The predicted molar refractivity (Wildman–Crippen MR) is 78.9 cm³/mol. The summed E-state index contributed by atoms with van der Waals surface area (Å²) in [6, 6.07) is 7.28. The predicted octanol–water partition coefficient (Wildman–Crippen LogP) is 2.20. The Kier molecular flexibility index (Phi) is 5.89. The van der Waals surface area contributed by atoms with Crippen molar-refractivity contribution in [3.05, 3.63) is 29.8 Å². The molecule has 0 heterocycles. The summed E-state index contributed by atoms with van der Waals surface area (Å²) < 4.78 is 17.1.